The highest BCUT2D eigenvalue weighted by atomic mass is 32.1. The summed E-state index contributed by atoms with van der Waals surface area (Å²) in [6, 6.07) is 12.5. The second kappa shape index (κ2) is 5.74. The van der Waals surface area contributed by atoms with Crippen LogP contribution in [0.3, 0.4) is 0 Å². The number of Topliss-reactive ketones (excluding diaryl/α,β-unsaturated/α-hetero) is 1. The fraction of sp³-hybridized carbons (Fsp3) is 0.222. The fourth-order valence-corrected chi connectivity index (χ4v) is 2.79. The molecule has 1 heterocycles. The van der Waals surface area contributed by atoms with Crippen LogP contribution in [0.2, 0.25) is 0 Å². The Labute approximate surface area is 140 Å². The highest BCUT2D eigenvalue weighted by Crippen LogP contribution is 2.36. The lowest BCUT2D eigenvalue weighted by atomic mass is 9.91. The smallest absolute Gasteiger partial charge is 0.349 e. The predicted molar refractivity (Wildman–Crippen MR) is 89.9 cm³/mol. The molecule has 0 N–H and O–H groups in total. The van der Waals surface area contributed by atoms with Gasteiger partial charge in [-0.3, -0.25) is 4.79 Å². The van der Waals surface area contributed by atoms with Gasteiger partial charge in [0, 0.05) is 12.9 Å². The van der Waals surface area contributed by atoms with Gasteiger partial charge in [-0.2, -0.15) is 0 Å². The lowest BCUT2D eigenvalue weighted by molar-refractivity contribution is 0.0620. The Kier molecular flexibility index (Phi) is 3.90. The van der Waals surface area contributed by atoms with Gasteiger partial charge >= 0.3 is 5.97 Å². The zero-order valence-electron chi connectivity index (χ0n) is 12.8. The second-order valence-electron chi connectivity index (χ2n) is 6.13. The molecular formula is C18H16O4S. The van der Waals surface area contributed by atoms with Gasteiger partial charge in [-0.05, 0) is 49.2 Å². The third-order valence-corrected chi connectivity index (χ3v) is 3.96. The Bertz CT molecular complexity index is 778. The van der Waals surface area contributed by atoms with Crippen molar-refractivity contribution in [1.29, 1.82) is 0 Å². The maximum absolute atomic E-state index is 12.2. The number of carbonyl (C=O) groups is 2. The van der Waals surface area contributed by atoms with Crippen LogP contribution >= 0.6 is 12.9 Å². The molecule has 5 heteroatoms. The Morgan fingerprint density at radius 3 is 2.43 bits per heavy atom. The summed E-state index contributed by atoms with van der Waals surface area (Å²) in [7, 11) is 0. The molecule has 0 saturated heterocycles. The summed E-state index contributed by atoms with van der Waals surface area (Å²) in [4.78, 5) is 23.6. The molecule has 0 saturated carbocycles. The minimum absolute atomic E-state index is 0.0923. The zero-order chi connectivity index (χ0) is 16.6. The van der Waals surface area contributed by atoms with Crippen LogP contribution < -0.4 is 4.74 Å². The summed E-state index contributed by atoms with van der Waals surface area (Å²) < 4.78 is 10.3. The number of hydrogen-bond acceptors (Lipinski definition) is 5. The van der Waals surface area contributed by atoms with Crippen molar-refractivity contribution in [3.8, 4) is 16.9 Å². The van der Waals surface area contributed by atoms with Crippen molar-refractivity contribution in [3.63, 3.8) is 0 Å². The van der Waals surface area contributed by atoms with Crippen molar-refractivity contribution in [1.82, 2.24) is 0 Å². The molecule has 4 nitrogen and oxygen atoms in total. The summed E-state index contributed by atoms with van der Waals surface area (Å²) in [5, 5.41) is 0. The van der Waals surface area contributed by atoms with Crippen molar-refractivity contribution < 1.29 is 18.5 Å². The minimum atomic E-state index is -0.499. The van der Waals surface area contributed by atoms with Gasteiger partial charge in [0.15, 0.2) is 5.78 Å². The predicted octanol–water partition coefficient (Wildman–Crippen LogP) is 4.10. The van der Waals surface area contributed by atoms with Crippen LogP contribution in [0.1, 0.15) is 41.0 Å². The van der Waals surface area contributed by atoms with Crippen LogP contribution in [0.5, 0.6) is 5.75 Å². The highest BCUT2D eigenvalue weighted by Gasteiger charge is 2.32. The van der Waals surface area contributed by atoms with Gasteiger partial charge in [0.2, 0.25) is 0 Å². The number of benzene rings is 2. The van der Waals surface area contributed by atoms with E-state index in [2.05, 4.69) is 17.1 Å². The first-order valence-corrected chi connectivity index (χ1v) is 7.58. The Morgan fingerprint density at radius 1 is 1.13 bits per heavy atom. The molecular weight excluding hydrogens is 312 g/mol. The Balaban J connectivity index is 1.96. The van der Waals surface area contributed by atoms with Gasteiger partial charge in [-0.1, -0.05) is 18.2 Å². The number of carbonyl (C=O) groups excluding carboxylic acids is 2. The van der Waals surface area contributed by atoms with Gasteiger partial charge < -0.3 is 8.92 Å². The van der Waals surface area contributed by atoms with Crippen LogP contribution in [0.4, 0.5) is 0 Å². The van der Waals surface area contributed by atoms with E-state index in [0.29, 0.717) is 23.3 Å². The Hall–Kier alpha value is -2.27. The van der Waals surface area contributed by atoms with Crippen molar-refractivity contribution in [2.24, 2.45) is 0 Å². The van der Waals surface area contributed by atoms with E-state index in [0.717, 1.165) is 11.1 Å². The molecule has 2 aromatic carbocycles. The summed E-state index contributed by atoms with van der Waals surface area (Å²) in [6.07, 6.45) is 0.375. The standard InChI is InChI=1S/C18H16O4S/c1-18(2)10-15(19)14-8-7-13(9-16(14)21-18)11-3-5-12(6-4-11)17(20)22-23/h3-9,23H,10H2,1-2H3. The molecule has 1 aliphatic rings. The van der Waals surface area contributed by atoms with Crippen LogP contribution in [-0.2, 0) is 4.18 Å². The molecule has 2 aromatic rings. The van der Waals surface area contributed by atoms with Gasteiger partial charge in [0.1, 0.15) is 11.4 Å². The van der Waals surface area contributed by atoms with E-state index in [1.165, 1.54) is 0 Å². The number of ketones is 1. The van der Waals surface area contributed by atoms with E-state index in [-0.39, 0.29) is 5.78 Å². The molecule has 0 fully saturated rings. The van der Waals surface area contributed by atoms with E-state index >= 15 is 0 Å². The van der Waals surface area contributed by atoms with Crippen LogP contribution in [0.25, 0.3) is 11.1 Å². The van der Waals surface area contributed by atoms with Crippen molar-refractivity contribution in [2.45, 2.75) is 25.9 Å². The van der Waals surface area contributed by atoms with Crippen molar-refractivity contribution >= 4 is 24.7 Å². The normalized spacial score (nSPS) is 15.5. The van der Waals surface area contributed by atoms with Crippen molar-refractivity contribution in [2.75, 3.05) is 0 Å². The molecule has 3 rings (SSSR count). The monoisotopic (exact) mass is 328 g/mol. The molecule has 23 heavy (non-hydrogen) atoms. The number of ether oxygens (including phenoxy) is 1. The van der Waals surface area contributed by atoms with Crippen LogP contribution in [0, 0.1) is 0 Å². The number of rotatable bonds is 2. The average molecular weight is 328 g/mol. The third kappa shape index (κ3) is 3.10. The molecule has 0 aliphatic carbocycles. The summed E-state index contributed by atoms with van der Waals surface area (Å²) in [5.41, 5.74) is 2.38. The molecule has 0 spiro atoms. The topological polar surface area (TPSA) is 52.6 Å². The van der Waals surface area contributed by atoms with Gasteiger partial charge in [-0.25, -0.2) is 4.79 Å². The first kappa shape index (κ1) is 15.6. The molecule has 0 aromatic heterocycles. The maximum Gasteiger partial charge on any atom is 0.349 e. The molecule has 0 radical (unpaired) electrons. The first-order chi connectivity index (χ1) is 10.9. The lowest BCUT2D eigenvalue weighted by Gasteiger charge is -2.31. The number of thiol groups is 1. The van der Waals surface area contributed by atoms with E-state index in [4.69, 9.17) is 4.74 Å². The largest absolute Gasteiger partial charge is 0.487 e. The number of fused-ring (bicyclic) bond motifs is 1. The zero-order valence-corrected chi connectivity index (χ0v) is 13.7. The van der Waals surface area contributed by atoms with E-state index in [1.54, 1.807) is 18.2 Å². The molecule has 1 aliphatic heterocycles. The second-order valence-corrected chi connectivity index (χ2v) is 6.31. The first-order valence-electron chi connectivity index (χ1n) is 7.22. The van der Waals surface area contributed by atoms with Gasteiger partial charge in [0.05, 0.1) is 17.5 Å². The van der Waals surface area contributed by atoms with E-state index in [1.807, 2.05) is 38.1 Å². The van der Waals surface area contributed by atoms with Crippen LogP contribution in [0.15, 0.2) is 42.5 Å². The summed E-state index contributed by atoms with van der Waals surface area (Å²) >= 11 is 3.50. The molecule has 118 valence electrons. The van der Waals surface area contributed by atoms with E-state index in [9.17, 15) is 9.59 Å². The molecule has 0 atom stereocenters. The SMILES string of the molecule is CC1(C)CC(=O)c2ccc(-c3ccc(C(=O)OS)cc3)cc2O1. The van der Waals surface area contributed by atoms with E-state index < -0.39 is 11.6 Å². The summed E-state index contributed by atoms with van der Waals surface area (Å²) in [6.45, 7) is 3.80. The maximum atomic E-state index is 12.2. The third-order valence-electron chi connectivity index (χ3n) is 3.79. The van der Waals surface area contributed by atoms with Gasteiger partial charge in [0.25, 0.3) is 0 Å². The quantitative estimate of drug-likeness (QED) is 0.666. The fourth-order valence-electron chi connectivity index (χ4n) is 2.68. The van der Waals surface area contributed by atoms with Gasteiger partial charge in [-0.15, -0.1) is 0 Å². The minimum Gasteiger partial charge on any atom is -0.487 e. The highest BCUT2D eigenvalue weighted by molar-refractivity contribution is 7.75. The molecule has 0 bridgehead atoms. The molecule has 0 unspecified atom stereocenters. The molecule has 0 amide bonds. The Morgan fingerprint density at radius 2 is 1.78 bits per heavy atom. The average Bonchev–Trinajstić information content (AvgIpc) is 2.52. The lowest BCUT2D eigenvalue weighted by Crippen LogP contribution is -2.35. The number of hydrogen-bond donors (Lipinski definition) is 1. The van der Waals surface area contributed by atoms with Crippen LogP contribution in [-0.4, -0.2) is 17.4 Å². The van der Waals surface area contributed by atoms with Crippen molar-refractivity contribution in [3.05, 3.63) is 53.6 Å². The summed E-state index contributed by atoms with van der Waals surface area (Å²) in [5.74, 6) is 0.193.